The van der Waals surface area contributed by atoms with E-state index in [1.165, 1.54) is 0 Å². The molecule has 214 valence electrons. The average Bonchev–Trinajstić information content (AvgIpc) is 3.71. The molecule has 2 aromatic rings. The topological polar surface area (TPSA) is 112 Å². The number of para-hydroxylation sites is 1. The van der Waals surface area contributed by atoms with Crippen LogP contribution in [0.1, 0.15) is 33.1 Å². The molecular formula is C29H38N6O4S. The first kappa shape index (κ1) is 28.4. The number of hydrogen-bond acceptors (Lipinski definition) is 7. The van der Waals surface area contributed by atoms with Crippen molar-refractivity contribution in [2.24, 2.45) is 11.8 Å². The van der Waals surface area contributed by atoms with Gasteiger partial charge in [-0.15, -0.1) is 30.0 Å². The van der Waals surface area contributed by atoms with Crippen LogP contribution in [0.2, 0.25) is 0 Å². The molecule has 10 nitrogen and oxygen atoms in total. The molecule has 1 aromatic carbocycles. The molecule has 0 aliphatic carbocycles. The summed E-state index contributed by atoms with van der Waals surface area (Å²) < 4.78 is 0.935. The smallest absolute Gasteiger partial charge is 0.248 e. The van der Waals surface area contributed by atoms with Gasteiger partial charge in [0.15, 0.2) is 0 Å². The summed E-state index contributed by atoms with van der Waals surface area (Å²) in [5.41, 5.74) is 1.52. The second kappa shape index (κ2) is 11.4. The van der Waals surface area contributed by atoms with Crippen molar-refractivity contribution < 1.29 is 19.5 Å². The van der Waals surface area contributed by atoms with Gasteiger partial charge in [0, 0.05) is 24.9 Å². The minimum Gasteiger partial charge on any atom is -0.394 e. The maximum Gasteiger partial charge on any atom is 0.248 e. The van der Waals surface area contributed by atoms with Crippen molar-refractivity contribution in [3.05, 3.63) is 49.6 Å². The first-order valence-corrected chi connectivity index (χ1v) is 14.9. The number of aliphatic hydroxyl groups excluding tert-OH is 1. The van der Waals surface area contributed by atoms with Crippen LogP contribution in [0.3, 0.4) is 0 Å². The number of benzene rings is 1. The van der Waals surface area contributed by atoms with Gasteiger partial charge in [-0.1, -0.05) is 36.4 Å². The van der Waals surface area contributed by atoms with Crippen LogP contribution in [0.25, 0.3) is 11.0 Å². The lowest BCUT2D eigenvalue weighted by molar-refractivity contribution is -0.147. The molecule has 5 rings (SSSR count). The van der Waals surface area contributed by atoms with Crippen LogP contribution in [0.5, 0.6) is 0 Å². The molecule has 40 heavy (non-hydrogen) atoms. The first-order valence-electron chi connectivity index (χ1n) is 14.0. The highest BCUT2D eigenvalue weighted by molar-refractivity contribution is 8.02. The first-order chi connectivity index (χ1) is 19.3. The van der Waals surface area contributed by atoms with Gasteiger partial charge in [0.1, 0.15) is 18.2 Å². The standard InChI is InChI=1S/C29H38N6O4S/c1-5-14-32(15-6-2)26(37)23-22-12-13-29(40-22)24(23)27(38)35(19(4)17-36)25(29)28(39)33(16-7-3)18-34-21-11-9-8-10-20(21)30-31-34/h5,7-11,19,22-25,36H,1,3,6,12-18H2,2,4H3/t19-,22-,23+,24+,25?,29?/m1/s1. The van der Waals surface area contributed by atoms with Crippen molar-refractivity contribution in [1.29, 1.82) is 0 Å². The lowest BCUT2D eigenvalue weighted by Crippen LogP contribution is -2.57. The summed E-state index contributed by atoms with van der Waals surface area (Å²) in [4.78, 5) is 47.6. The number of amides is 3. The number of carbonyl (C=O) groups excluding carboxylic acids is 3. The monoisotopic (exact) mass is 566 g/mol. The molecular weight excluding hydrogens is 528 g/mol. The third-order valence-corrected chi connectivity index (χ3v) is 10.5. The molecule has 6 atom stereocenters. The molecule has 3 aliphatic rings. The van der Waals surface area contributed by atoms with E-state index < -0.39 is 28.7 Å². The highest BCUT2D eigenvalue weighted by atomic mass is 32.2. The van der Waals surface area contributed by atoms with E-state index in [-0.39, 0.29) is 42.8 Å². The molecule has 0 saturated carbocycles. The number of hydrogen-bond donors (Lipinski definition) is 1. The number of carbonyl (C=O) groups is 3. The molecule has 1 spiro atoms. The van der Waals surface area contributed by atoms with Crippen molar-refractivity contribution in [1.82, 2.24) is 29.7 Å². The number of aliphatic hydroxyl groups is 1. The molecule has 11 heteroatoms. The maximum atomic E-state index is 14.5. The Labute approximate surface area is 239 Å². The summed E-state index contributed by atoms with van der Waals surface area (Å²) in [6.45, 7) is 12.6. The summed E-state index contributed by atoms with van der Waals surface area (Å²) in [5, 5.41) is 18.6. The van der Waals surface area contributed by atoms with Crippen LogP contribution in [0.4, 0.5) is 0 Å². The van der Waals surface area contributed by atoms with Gasteiger partial charge in [0.25, 0.3) is 0 Å². The molecule has 4 heterocycles. The Kier molecular flexibility index (Phi) is 8.05. The highest BCUT2D eigenvalue weighted by Crippen LogP contribution is 2.67. The van der Waals surface area contributed by atoms with Gasteiger partial charge in [-0.3, -0.25) is 14.4 Å². The second-order valence-corrected chi connectivity index (χ2v) is 12.6. The second-order valence-electron chi connectivity index (χ2n) is 11.0. The Morgan fingerprint density at radius 3 is 2.65 bits per heavy atom. The molecule has 0 radical (unpaired) electrons. The van der Waals surface area contributed by atoms with E-state index in [9.17, 15) is 19.5 Å². The van der Waals surface area contributed by atoms with Gasteiger partial charge in [0.05, 0.1) is 34.7 Å². The third kappa shape index (κ3) is 4.43. The van der Waals surface area contributed by atoms with Gasteiger partial charge in [-0.25, -0.2) is 4.68 Å². The van der Waals surface area contributed by atoms with E-state index >= 15 is 0 Å². The van der Waals surface area contributed by atoms with Gasteiger partial charge in [-0.05, 0) is 38.3 Å². The van der Waals surface area contributed by atoms with Gasteiger partial charge >= 0.3 is 0 Å². The fraction of sp³-hybridized carbons (Fsp3) is 0.552. The zero-order valence-corrected chi connectivity index (χ0v) is 24.0. The van der Waals surface area contributed by atoms with Gasteiger partial charge in [0.2, 0.25) is 17.7 Å². The normalized spacial score (nSPS) is 27.6. The molecule has 3 amide bonds. The number of nitrogens with zero attached hydrogens (tertiary/aromatic N) is 6. The van der Waals surface area contributed by atoms with E-state index in [0.717, 1.165) is 23.9 Å². The number of fused-ring (bicyclic) bond motifs is 2. The van der Waals surface area contributed by atoms with Crippen molar-refractivity contribution in [3.8, 4) is 0 Å². The van der Waals surface area contributed by atoms with Gasteiger partial charge in [-0.2, -0.15) is 0 Å². The molecule has 2 unspecified atom stereocenters. The van der Waals surface area contributed by atoms with Crippen molar-refractivity contribution >= 4 is 40.5 Å². The fourth-order valence-corrected chi connectivity index (χ4v) is 9.06. The molecule has 3 fully saturated rings. The number of thioether (sulfide) groups is 1. The van der Waals surface area contributed by atoms with Crippen molar-refractivity contribution in [3.63, 3.8) is 0 Å². The Morgan fingerprint density at radius 2 is 1.95 bits per heavy atom. The number of rotatable bonds is 12. The van der Waals surface area contributed by atoms with E-state index in [1.807, 2.05) is 31.2 Å². The minimum absolute atomic E-state index is 0.0281. The van der Waals surface area contributed by atoms with E-state index in [0.29, 0.717) is 19.5 Å². The summed E-state index contributed by atoms with van der Waals surface area (Å²) in [7, 11) is 0. The lowest BCUT2D eigenvalue weighted by Gasteiger charge is -2.39. The van der Waals surface area contributed by atoms with Crippen LogP contribution in [0.15, 0.2) is 49.6 Å². The van der Waals surface area contributed by atoms with Crippen LogP contribution in [0, 0.1) is 11.8 Å². The molecule has 3 aliphatic heterocycles. The summed E-state index contributed by atoms with van der Waals surface area (Å²) in [6, 6.07) is 6.15. The Bertz CT molecular complexity index is 1310. The number of likely N-dealkylation sites (tertiary alicyclic amines) is 1. The van der Waals surface area contributed by atoms with Crippen LogP contribution >= 0.6 is 11.8 Å². The summed E-state index contributed by atoms with van der Waals surface area (Å²) >= 11 is 1.63. The van der Waals surface area contributed by atoms with Crippen LogP contribution in [-0.2, 0) is 21.1 Å². The van der Waals surface area contributed by atoms with Crippen molar-refractivity contribution in [2.45, 2.75) is 61.9 Å². The third-order valence-electron chi connectivity index (χ3n) is 8.54. The molecule has 1 aromatic heterocycles. The molecule has 1 N–H and O–H groups in total. The number of aromatic nitrogens is 3. The Morgan fingerprint density at radius 1 is 1.23 bits per heavy atom. The van der Waals surface area contributed by atoms with Gasteiger partial charge < -0.3 is 19.8 Å². The van der Waals surface area contributed by atoms with E-state index in [2.05, 4.69) is 23.5 Å². The SMILES string of the molecule is C=CCN(Cn1nnc2ccccc21)C(=O)C1N([C@H](C)CO)C(=O)[C@@H]2[C@@H](C(=O)N(CC=C)CCC)[C@H]3CCC12S3. The lowest BCUT2D eigenvalue weighted by atomic mass is 9.70. The predicted octanol–water partition coefficient (Wildman–Crippen LogP) is 2.30. The predicted molar refractivity (Wildman–Crippen MR) is 154 cm³/mol. The zero-order valence-electron chi connectivity index (χ0n) is 23.2. The Hall–Kier alpha value is -3.18. The quantitative estimate of drug-likeness (QED) is 0.393. The largest absolute Gasteiger partial charge is 0.394 e. The van der Waals surface area contributed by atoms with Crippen LogP contribution in [-0.4, -0.2) is 101 Å². The Balaban J connectivity index is 1.52. The average molecular weight is 567 g/mol. The maximum absolute atomic E-state index is 14.5. The van der Waals surface area contributed by atoms with E-state index in [4.69, 9.17) is 0 Å². The summed E-state index contributed by atoms with van der Waals surface area (Å²) in [6.07, 6.45) is 5.60. The fourth-order valence-electron chi connectivity index (χ4n) is 6.87. The highest BCUT2D eigenvalue weighted by Gasteiger charge is 2.74. The minimum atomic E-state index is -0.811. The van der Waals surface area contributed by atoms with E-state index in [1.54, 1.807) is 50.2 Å². The zero-order chi connectivity index (χ0) is 28.6. The molecule has 2 bridgehead atoms. The van der Waals surface area contributed by atoms with Crippen LogP contribution < -0.4 is 0 Å². The summed E-state index contributed by atoms with van der Waals surface area (Å²) in [5.74, 6) is -1.60. The molecule has 3 saturated heterocycles. The van der Waals surface area contributed by atoms with Crippen molar-refractivity contribution in [2.75, 3.05) is 26.2 Å².